The van der Waals surface area contributed by atoms with Gasteiger partial charge in [-0.25, -0.2) is 9.50 Å². The maximum absolute atomic E-state index is 12.7. The van der Waals surface area contributed by atoms with E-state index in [9.17, 15) is 4.79 Å². The molecule has 0 spiro atoms. The van der Waals surface area contributed by atoms with Crippen LogP contribution in [0.5, 0.6) is 5.75 Å². The van der Waals surface area contributed by atoms with E-state index in [0.717, 1.165) is 23.4 Å². The van der Waals surface area contributed by atoms with Gasteiger partial charge in [-0.3, -0.25) is 4.79 Å². The van der Waals surface area contributed by atoms with Gasteiger partial charge in [0.05, 0.1) is 31.6 Å². The van der Waals surface area contributed by atoms with Crippen LogP contribution in [0.25, 0.3) is 5.65 Å². The molecule has 1 aliphatic heterocycles. The fourth-order valence-electron chi connectivity index (χ4n) is 3.36. The monoisotopic (exact) mass is 415 g/mol. The van der Waals surface area contributed by atoms with Crippen LogP contribution in [0, 0.1) is 0 Å². The first-order chi connectivity index (χ1) is 14.0. The third-order valence-corrected chi connectivity index (χ3v) is 5.09. The second-order valence-corrected chi connectivity index (χ2v) is 7.36. The number of hydrogen-bond donors (Lipinski definition) is 1. The third-order valence-electron chi connectivity index (χ3n) is 4.91. The number of amides is 1. The zero-order chi connectivity index (χ0) is 20.4. The molecule has 1 fully saturated rings. The number of imidazole rings is 1. The van der Waals surface area contributed by atoms with Gasteiger partial charge in [0.25, 0.3) is 5.91 Å². The quantitative estimate of drug-likeness (QED) is 0.666. The number of fused-ring (bicyclic) bond motifs is 1. The summed E-state index contributed by atoms with van der Waals surface area (Å²) in [5.74, 6) is 0.564. The van der Waals surface area contributed by atoms with E-state index in [-0.39, 0.29) is 17.1 Å². The molecule has 1 N–H and O–H groups in total. The topological polar surface area (TPSA) is 81.0 Å². The number of methoxy groups -OCH3 is 1. The average molecular weight is 416 g/mol. The second kappa shape index (κ2) is 8.26. The molecule has 0 bridgehead atoms. The fourth-order valence-corrected chi connectivity index (χ4v) is 3.54. The number of benzene rings is 1. The summed E-state index contributed by atoms with van der Waals surface area (Å²) in [6, 6.07) is 9.60. The van der Waals surface area contributed by atoms with E-state index in [0.29, 0.717) is 31.1 Å². The minimum absolute atomic E-state index is 0.00412. The summed E-state index contributed by atoms with van der Waals surface area (Å²) >= 11 is 6.26. The maximum atomic E-state index is 12.7. The molecule has 3 aromatic rings. The molecule has 1 amide bonds. The van der Waals surface area contributed by atoms with Crippen molar-refractivity contribution >= 4 is 28.8 Å². The number of hydrogen-bond acceptors (Lipinski definition) is 6. The molecular weight excluding hydrogens is 394 g/mol. The lowest BCUT2D eigenvalue weighted by molar-refractivity contribution is 0.0923. The smallest absolute Gasteiger partial charge is 0.271 e. The van der Waals surface area contributed by atoms with Crippen LogP contribution in [0.3, 0.4) is 0 Å². The number of ether oxygens (including phenoxy) is 2. The normalized spacial score (nSPS) is 16.2. The third kappa shape index (κ3) is 4.13. The van der Waals surface area contributed by atoms with Crippen LogP contribution in [-0.4, -0.2) is 53.9 Å². The standard InChI is InChI=1S/C20H22ClN5O3/c1-25(11-13-3-5-15(28-2)6-4-13)16-9-18(21)24-26-17(10-22-19(16)26)20(27)23-14-7-8-29-12-14/h3-6,9-10,14H,7-8,11-12H2,1-2H3,(H,23,27)/t14-/m1/s1. The SMILES string of the molecule is COc1ccc(CN(C)c2cc(Cl)nn3c(C(=O)N[C@@H]4CCOC4)cnc23)cc1. The first kappa shape index (κ1) is 19.5. The van der Waals surface area contributed by atoms with Crippen LogP contribution < -0.4 is 15.0 Å². The van der Waals surface area contributed by atoms with E-state index >= 15 is 0 Å². The summed E-state index contributed by atoms with van der Waals surface area (Å²) in [7, 11) is 3.59. The van der Waals surface area contributed by atoms with E-state index in [1.165, 1.54) is 10.7 Å². The van der Waals surface area contributed by atoms with Crippen LogP contribution >= 0.6 is 11.6 Å². The van der Waals surface area contributed by atoms with E-state index in [2.05, 4.69) is 15.4 Å². The van der Waals surface area contributed by atoms with E-state index in [1.54, 1.807) is 13.2 Å². The van der Waals surface area contributed by atoms with Crippen molar-refractivity contribution in [3.63, 3.8) is 0 Å². The molecule has 0 unspecified atom stereocenters. The number of carbonyl (C=O) groups is 1. The number of carbonyl (C=O) groups excluding carboxylic acids is 1. The number of nitrogens with zero attached hydrogens (tertiary/aromatic N) is 4. The molecule has 8 nitrogen and oxygen atoms in total. The molecule has 1 saturated heterocycles. The molecule has 0 saturated carbocycles. The summed E-state index contributed by atoms with van der Waals surface area (Å²) in [5.41, 5.74) is 2.79. The minimum atomic E-state index is -0.244. The van der Waals surface area contributed by atoms with Crippen LogP contribution in [0.4, 0.5) is 5.69 Å². The number of rotatable bonds is 6. The van der Waals surface area contributed by atoms with Crippen LogP contribution in [0.2, 0.25) is 5.15 Å². The van der Waals surface area contributed by atoms with Crippen molar-refractivity contribution < 1.29 is 14.3 Å². The Morgan fingerprint density at radius 1 is 1.41 bits per heavy atom. The van der Waals surface area contributed by atoms with Gasteiger partial charge in [-0.15, -0.1) is 0 Å². The lowest BCUT2D eigenvalue weighted by Crippen LogP contribution is -2.35. The molecule has 1 atom stereocenters. The molecule has 1 aliphatic rings. The summed E-state index contributed by atoms with van der Waals surface area (Å²) in [6.07, 6.45) is 2.32. The van der Waals surface area contributed by atoms with Gasteiger partial charge in [0.1, 0.15) is 5.75 Å². The highest BCUT2D eigenvalue weighted by Gasteiger charge is 2.23. The average Bonchev–Trinajstić information content (AvgIpc) is 3.37. The zero-order valence-corrected chi connectivity index (χ0v) is 17.0. The van der Waals surface area contributed by atoms with Gasteiger partial charge in [0.15, 0.2) is 16.5 Å². The Bertz CT molecular complexity index is 1010. The molecule has 3 heterocycles. The lowest BCUT2D eigenvalue weighted by atomic mass is 10.2. The van der Waals surface area contributed by atoms with Gasteiger partial charge >= 0.3 is 0 Å². The number of aromatic nitrogens is 3. The minimum Gasteiger partial charge on any atom is -0.497 e. The van der Waals surface area contributed by atoms with Gasteiger partial charge < -0.3 is 19.7 Å². The maximum Gasteiger partial charge on any atom is 0.271 e. The summed E-state index contributed by atoms with van der Waals surface area (Å²) < 4.78 is 12.0. The Morgan fingerprint density at radius 3 is 2.90 bits per heavy atom. The Labute approximate surface area is 173 Å². The van der Waals surface area contributed by atoms with E-state index in [1.807, 2.05) is 36.2 Å². The van der Waals surface area contributed by atoms with Gasteiger partial charge in [-0.2, -0.15) is 5.10 Å². The molecule has 9 heteroatoms. The molecule has 1 aromatic carbocycles. The van der Waals surface area contributed by atoms with Crippen LogP contribution in [-0.2, 0) is 11.3 Å². The Kier molecular flexibility index (Phi) is 5.55. The van der Waals surface area contributed by atoms with Crippen molar-refractivity contribution in [3.05, 3.63) is 52.9 Å². The number of nitrogens with one attached hydrogen (secondary N) is 1. The molecule has 152 valence electrons. The van der Waals surface area contributed by atoms with Crippen molar-refractivity contribution in [3.8, 4) is 5.75 Å². The number of anilines is 1. The van der Waals surface area contributed by atoms with Crippen molar-refractivity contribution in [2.45, 2.75) is 19.0 Å². The van der Waals surface area contributed by atoms with Crippen molar-refractivity contribution in [2.75, 3.05) is 32.3 Å². The molecule has 4 rings (SSSR count). The highest BCUT2D eigenvalue weighted by atomic mass is 35.5. The predicted molar refractivity (Wildman–Crippen MR) is 110 cm³/mol. The van der Waals surface area contributed by atoms with Gasteiger partial charge in [0, 0.05) is 26.3 Å². The fraction of sp³-hybridized carbons (Fsp3) is 0.350. The van der Waals surface area contributed by atoms with Gasteiger partial charge in [-0.1, -0.05) is 23.7 Å². The first-order valence-electron chi connectivity index (χ1n) is 9.32. The molecule has 0 radical (unpaired) electrons. The Balaban J connectivity index is 1.60. The lowest BCUT2D eigenvalue weighted by Gasteiger charge is -2.20. The van der Waals surface area contributed by atoms with Crippen LogP contribution in [0.1, 0.15) is 22.5 Å². The first-order valence-corrected chi connectivity index (χ1v) is 9.70. The van der Waals surface area contributed by atoms with Crippen LogP contribution in [0.15, 0.2) is 36.5 Å². The second-order valence-electron chi connectivity index (χ2n) is 6.97. The van der Waals surface area contributed by atoms with Crippen molar-refractivity contribution in [1.82, 2.24) is 19.9 Å². The van der Waals surface area contributed by atoms with Gasteiger partial charge in [-0.05, 0) is 24.1 Å². The summed E-state index contributed by atoms with van der Waals surface area (Å²) in [6.45, 7) is 1.81. The zero-order valence-electron chi connectivity index (χ0n) is 16.3. The molecular formula is C20H22ClN5O3. The molecule has 2 aromatic heterocycles. The largest absolute Gasteiger partial charge is 0.497 e. The summed E-state index contributed by atoms with van der Waals surface area (Å²) in [5, 5.41) is 7.53. The highest BCUT2D eigenvalue weighted by Crippen LogP contribution is 2.25. The number of halogens is 1. The molecule has 0 aliphatic carbocycles. The van der Waals surface area contributed by atoms with E-state index < -0.39 is 0 Å². The van der Waals surface area contributed by atoms with Crippen molar-refractivity contribution in [2.24, 2.45) is 0 Å². The summed E-state index contributed by atoms with van der Waals surface area (Å²) in [4.78, 5) is 19.1. The Morgan fingerprint density at radius 2 is 2.21 bits per heavy atom. The molecule has 29 heavy (non-hydrogen) atoms. The Hall–Kier alpha value is -2.84. The predicted octanol–water partition coefficient (Wildman–Crippen LogP) is 2.55. The van der Waals surface area contributed by atoms with E-state index in [4.69, 9.17) is 21.1 Å². The van der Waals surface area contributed by atoms with Gasteiger partial charge in [0.2, 0.25) is 0 Å². The van der Waals surface area contributed by atoms with Crippen molar-refractivity contribution in [1.29, 1.82) is 0 Å². The highest BCUT2D eigenvalue weighted by molar-refractivity contribution is 6.29.